The van der Waals surface area contributed by atoms with E-state index in [1.165, 1.54) is 0 Å². The normalized spacial score (nSPS) is 13.6. The van der Waals surface area contributed by atoms with Gasteiger partial charge in [-0.1, -0.05) is 24.6 Å². The first kappa shape index (κ1) is 15.1. The van der Waals surface area contributed by atoms with E-state index in [-0.39, 0.29) is 5.92 Å². The van der Waals surface area contributed by atoms with E-state index in [1.54, 1.807) is 6.07 Å². The van der Waals surface area contributed by atoms with Crippen LogP contribution in [0.3, 0.4) is 0 Å². The Kier molecular flexibility index (Phi) is 5.31. The molecular formula is C13H22N2O2S. The minimum Gasteiger partial charge on any atom is -0.330 e. The molecule has 1 atom stereocenters. The molecule has 1 rings (SSSR count). The van der Waals surface area contributed by atoms with Crippen molar-refractivity contribution in [3.8, 4) is 0 Å². The maximum Gasteiger partial charge on any atom is 0.240 e. The van der Waals surface area contributed by atoms with Gasteiger partial charge in [0, 0.05) is 6.54 Å². The molecule has 0 aliphatic heterocycles. The molecule has 0 heterocycles. The molecular weight excluding hydrogens is 248 g/mol. The van der Waals surface area contributed by atoms with Crippen molar-refractivity contribution in [2.75, 3.05) is 13.1 Å². The fourth-order valence-electron chi connectivity index (χ4n) is 1.82. The highest BCUT2D eigenvalue weighted by Crippen LogP contribution is 2.16. The zero-order valence-corrected chi connectivity index (χ0v) is 12.0. The Balaban J connectivity index is 2.80. The summed E-state index contributed by atoms with van der Waals surface area (Å²) >= 11 is 0. The van der Waals surface area contributed by atoms with Gasteiger partial charge in [-0.2, -0.15) is 0 Å². The number of rotatable bonds is 6. The topological polar surface area (TPSA) is 72.2 Å². The van der Waals surface area contributed by atoms with Crippen molar-refractivity contribution in [3.63, 3.8) is 0 Å². The summed E-state index contributed by atoms with van der Waals surface area (Å²) in [5, 5.41) is 0. The van der Waals surface area contributed by atoms with Gasteiger partial charge < -0.3 is 5.73 Å². The first-order valence-corrected chi connectivity index (χ1v) is 7.62. The zero-order valence-electron chi connectivity index (χ0n) is 11.2. The Morgan fingerprint density at radius 2 is 2.00 bits per heavy atom. The van der Waals surface area contributed by atoms with Gasteiger partial charge in [-0.3, -0.25) is 0 Å². The Hall–Kier alpha value is -0.910. The lowest BCUT2D eigenvalue weighted by atomic mass is 10.1. The number of nitrogens with one attached hydrogen (secondary N) is 1. The van der Waals surface area contributed by atoms with E-state index in [0.717, 1.165) is 17.5 Å². The summed E-state index contributed by atoms with van der Waals surface area (Å²) in [6, 6.07) is 5.34. The van der Waals surface area contributed by atoms with Crippen LogP contribution in [0, 0.1) is 19.8 Å². The van der Waals surface area contributed by atoms with Crippen LogP contribution < -0.4 is 10.5 Å². The van der Waals surface area contributed by atoms with Gasteiger partial charge in [0.25, 0.3) is 0 Å². The standard InChI is InChI=1S/C13H22N2O2S/c1-10-4-5-13(12(3)8-10)18(16,17)15-9-11(2)6-7-14/h4-5,8,11,15H,6-7,9,14H2,1-3H3. The van der Waals surface area contributed by atoms with Crippen LogP contribution in [0.25, 0.3) is 0 Å². The molecule has 102 valence electrons. The van der Waals surface area contributed by atoms with Gasteiger partial charge in [-0.05, 0) is 44.4 Å². The molecule has 0 amide bonds. The molecule has 0 bridgehead atoms. The van der Waals surface area contributed by atoms with Crippen LogP contribution in [-0.2, 0) is 10.0 Å². The average Bonchev–Trinajstić information content (AvgIpc) is 2.26. The average molecular weight is 270 g/mol. The third-order valence-electron chi connectivity index (χ3n) is 2.90. The quantitative estimate of drug-likeness (QED) is 0.824. The van der Waals surface area contributed by atoms with Crippen LogP contribution in [0.5, 0.6) is 0 Å². The summed E-state index contributed by atoms with van der Waals surface area (Å²) in [6.07, 6.45) is 0.815. The molecule has 0 saturated heterocycles. The second-order valence-electron chi connectivity index (χ2n) is 4.80. The number of benzene rings is 1. The minimum absolute atomic E-state index is 0.246. The van der Waals surface area contributed by atoms with Gasteiger partial charge in [0.05, 0.1) is 4.90 Å². The predicted molar refractivity (Wildman–Crippen MR) is 73.9 cm³/mol. The number of hydrogen-bond acceptors (Lipinski definition) is 3. The number of nitrogens with two attached hydrogens (primary N) is 1. The van der Waals surface area contributed by atoms with Gasteiger partial charge in [0.1, 0.15) is 0 Å². The summed E-state index contributed by atoms with van der Waals surface area (Å²) in [7, 11) is -3.41. The van der Waals surface area contributed by atoms with Crippen molar-refractivity contribution in [3.05, 3.63) is 29.3 Å². The lowest BCUT2D eigenvalue weighted by Gasteiger charge is -2.13. The molecule has 1 aromatic rings. The Labute approximate surface area is 110 Å². The van der Waals surface area contributed by atoms with Gasteiger partial charge >= 0.3 is 0 Å². The summed E-state index contributed by atoms with van der Waals surface area (Å²) in [5.41, 5.74) is 7.27. The van der Waals surface area contributed by atoms with Gasteiger partial charge in [-0.15, -0.1) is 0 Å². The van der Waals surface area contributed by atoms with Crippen molar-refractivity contribution in [2.45, 2.75) is 32.1 Å². The van der Waals surface area contributed by atoms with E-state index < -0.39 is 10.0 Å². The van der Waals surface area contributed by atoms with E-state index >= 15 is 0 Å². The SMILES string of the molecule is Cc1ccc(S(=O)(=O)NCC(C)CCN)c(C)c1. The Morgan fingerprint density at radius 3 is 2.56 bits per heavy atom. The molecule has 0 aliphatic rings. The largest absolute Gasteiger partial charge is 0.330 e. The van der Waals surface area contributed by atoms with Crippen LogP contribution in [0.2, 0.25) is 0 Å². The van der Waals surface area contributed by atoms with Crippen LogP contribution >= 0.6 is 0 Å². The van der Waals surface area contributed by atoms with E-state index in [4.69, 9.17) is 5.73 Å². The Morgan fingerprint density at radius 1 is 1.33 bits per heavy atom. The van der Waals surface area contributed by atoms with E-state index in [9.17, 15) is 8.42 Å². The molecule has 0 aromatic heterocycles. The molecule has 1 aromatic carbocycles. The molecule has 5 heteroatoms. The second-order valence-corrected chi connectivity index (χ2v) is 6.54. The minimum atomic E-state index is -3.41. The number of aryl methyl sites for hydroxylation is 2. The smallest absolute Gasteiger partial charge is 0.240 e. The van der Waals surface area contributed by atoms with Crippen LogP contribution in [0.4, 0.5) is 0 Å². The highest BCUT2D eigenvalue weighted by Gasteiger charge is 2.17. The molecule has 0 radical (unpaired) electrons. The molecule has 3 N–H and O–H groups in total. The number of sulfonamides is 1. The van der Waals surface area contributed by atoms with Crippen LogP contribution in [0.15, 0.2) is 23.1 Å². The van der Waals surface area contributed by atoms with Crippen molar-refractivity contribution in [1.82, 2.24) is 4.72 Å². The molecule has 0 fully saturated rings. The molecule has 0 aliphatic carbocycles. The summed E-state index contributed by atoms with van der Waals surface area (Å²) in [6.45, 7) is 6.74. The lowest BCUT2D eigenvalue weighted by Crippen LogP contribution is -2.29. The summed E-state index contributed by atoms with van der Waals surface area (Å²) in [5.74, 6) is 0.246. The fraction of sp³-hybridized carbons (Fsp3) is 0.538. The first-order valence-electron chi connectivity index (χ1n) is 6.14. The molecule has 0 saturated carbocycles. The third kappa shape index (κ3) is 4.08. The van der Waals surface area contributed by atoms with Gasteiger partial charge in [0.15, 0.2) is 0 Å². The summed E-state index contributed by atoms with van der Waals surface area (Å²) < 4.78 is 26.9. The van der Waals surface area contributed by atoms with E-state index in [1.807, 2.05) is 32.9 Å². The van der Waals surface area contributed by atoms with E-state index in [2.05, 4.69) is 4.72 Å². The zero-order chi connectivity index (χ0) is 13.8. The monoisotopic (exact) mass is 270 g/mol. The summed E-state index contributed by atoms with van der Waals surface area (Å²) in [4.78, 5) is 0.355. The second kappa shape index (κ2) is 6.31. The van der Waals surface area contributed by atoms with Gasteiger partial charge in [-0.25, -0.2) is 13.1 Å². The van der Waals surface area contributed by atoms with Crippen molar-refractivity contribution >= 4 is 10.0 Å². The van der Waals surface area contributed by atoms with Crippen molar-refractivity contribution in [2.24, 2.45) is 11.7 Å². The van der Waals surface area contributed by atoms with Gasteiger partial charge in [0.2, 0.25) is 10.0 Å². The molecule has 0 spiro atoms. The van der Waals surface area contributed by atoms with Crippen molar-refractivity contribution < 1.29 is 8.42 Å². The van der Waals surface area contributed by atoms with Crippen LogP contribution in [-0.4, -0.2) is 21.5 Å². The maximum atomic E-state index is 12.1. The van der Waals surface area contributed by atoms with Crippen LogP contribution in [0.1, 0.15) is 24.5 Å². The maximum absolute atomic E-state index is 12.1. The van der Waals surface area contributed by atoms with E-state index in [0.29, 0.717) is 18.0 Å². The third-order valence-corrected chi connectivity index (χ3v) is 4.49. The fourth-order valence-corrected chi connectivity index (χ4v) is 3.21. The molecule has 1 unspecified atom stereocenters. The lowest BCUT2D eigenvalue weighted by molar-refractivity contribution is 0.515. The number of hydrogen-bond donors (Lipinski definition) is 2. The first-order chi connectivity index (χ1) is 8.36. The highest BCUT2D eigenvalue weighted by atomic mass is 32.2. The Bertz CT molecular complexity index is 498. The predicted octanol–water partition coefficient (Wildman–Crippen LogP) is 1.57. The highest BCUT2D eigenvalue weighted by molar-refractivity contribution is 7.89. The molecule has 18 heavy (non-hydrogen) atoms. The molecule has 4 nitrogen and oxygen atoms in total. The van der Waals surface area contributed by atoms with Crippen molar-refractivity contribution in [1.29, 1.82) is 0 Å².